The molecule has 0 saturated carbocycles. The molecule has 5 nitrogen and oxygen atoms in total. The summed E-state index contributed by atoms with van der Waals surface area (Å²) in [5.41, 5.74) is 0.412. The second-order valence-electron chi connectivity index (χ2n) is 4.65. The number of hydrogen-bond acceptors (Lipinski definition) is 5. The molecule has 0 atom stereocenters. The molecule has 3 aromatic rings. The molecule has 0 radical (unpaired) electrons. The van der Waals surface area contributed by atoms with Gasteiger partial charge in [0.25, 0.3) is 5.89 Å². The van der Waals surface area contributed by atoms with Crippen molar-refractivity contribution in [1.82, 2.24) is 10.2 Å². The van der Waals surface area contributed by atoms with Crippen molar-refractivity contribution in [3.05, 3.63) is 60.0 Å². The summed E-state index contributed by atoms with van der Waals surface area (Å²) >= 11 is 0. The Kier molecular flexibility index (Phi) is 4.18. The van der Waals surface area contributed by atoms with Gasteiger partial charge in [-0.2, -0.15) is 0 Å². The minimum atomic E-state index is -0.686. The molecule has 118 valence electrons. The molecule has 0 saturated heterocycles. The second kappa shape index (κ2) is 6.43. The number of ether oxygens (including phenoxy) is 1. The Labute approximate surface area is 130 Å². The molecule has 7 heteroatoms. The van der Waals surface area contributed by atoms with Gasteiger partial charge in [-0.15, -0.1) is 10.2 Å². The molecule has 3 rings (SSSR count). The van der Waals surface area contributed by atoms with Crippen LogP contribution in [0.3, 0.4) is 0 Å². The number of nitrogens with one attached hydrogen (secondary N) is 1. The largest absolute Gasteiger partial charge is 0.496 e. The predicted octanol–water partition coefficient (Wildman–Crippen LogP) is 3.64. The van der Waals surface area contributed by atoms with Crippen LogP contribution in [-0.2, 0) is 6.54 Å². The third-order valence-corrected chi connectivity index (χ3v) is 3.18. The van der Waals surface area contributed by atoms with E-state index in [1.165, 1.54) is 18.2 Å². The number of benzene rings is 2. The topological polar surface area (TPSA) is 60.2 Å². The van der Waals surface area contributed by atoms with Crippen LogP contribution in [-0.4, -0.2) is 17.3 Å². The van der Waals surface area contributed by atoms with Gasteiger partial charge in [0, 0.05) is 0 Å². The smallest absolute Gasteiger partial charge is 0.251 e. The molecule has 0 unspecified atom stereocenters. The fourth-order valence-corrected chi connectivity index (χ4v) is 2.09. The van der Waals surface area contributed by atoms with E-state index >= 15 is 0 Å². The summed E-state index contributed by atoms with van der Waals surface area (Å²) in [5.74, 6) is -0.304. The van der Waals surface area contributed by atoms with Gasteiger partial charge in [0.05, 0.1) is 19.2 Å². The number of methoxy groups -OCH3 is 1. The molecule has 0 aliphatic carbocycles. The standard InChI is InChI=1S/C16H13F2N3O2/c1-22-13-8-3-2-5-10(13)16-21-20-14(23-16)9-19-15-11(17)6-4-7-12(15)18/h2-8,19H,9H2,1H3. The molecule has 0 spiro atoms. The highest BCUT2D eigenvalue weighted by Crippen LogP contribution is 2.28. The molecule has 1 N–H and O–H groups in total. The van der Waals surface area contributed by atoms with Crippen molar-refractivity contribution in [2.45, 2.75) is 6.54 Å². The maximum Gasteiger partial charge on any atom is 0.251 e. The molecule has 0 aliphatic heterocycles. The van der Waals surface area contributed by atoms with Crippen molar-refractivity contribution in [3.63, 3.8) is 0 Å². The van der Waals surface area contributed by atoms with Gasteiger partial charge in [-0.25, -0.2) is 8.78 Å². The van der Waals surface area contributed by atoms with E-state index in [0.717, 1.165) is 0 Å². The highest BCUT2D eigenvalue weighted by atomic mass is 19.1. The van der Waals surface area contributed by atoms with Crippen LogP contribution in [0.5, 0.6) is 5.75 Å². The van der Waals surface area contributed by atoms with Gasteiger partial charge in [-0.3, -0.25) is 0 Å². The molecular weight excluding hydrogens is 304 g/mol. The number of nitrogens with zero attached hydrogens (tertiary/aromatic N) is 2. The molecule has 23 heavy (non-hydrogen) atoms. The van der Waals surface area contributed by atoms with Gasteiger partial charge in [0.15, 0.2) is 0 Å². The highest BCUT2D eigenvalue weighted by molar-refractivity contribution is 5.62. The van der Waals surface area contributed by atoms with Gasteiger partial charge < -0.3 is 14.5 Å². The molecule has 0 bridgehead atoms. The Morgan fingerprint density at radius 1 is 1.04 bits per heavy atom. The SMILES string of the molecule is COc1ccccc1-c1nnc(CNc2c(F)cccc2F)o1. The molecule has 0 aliphatic rings. The number of anilines is 1. The zero-order chi connectivity index (χ0) is 16.2. The van der Waals surface area contributed by atoms with E-state index in [9.17, 15) is 8.78 Å². The van der Waals surface area contributed by atoms with Gasteiger partial charge >= 0.3 is 0 Å². The third-order valence-electron chi connectivity index (χ3n) is 3.18. The van der Waals surface area contributed by atoms with Crippen LogP contribution in [0.15, 0.2) is 46.9 Å². The van der Waals surface area contributed by atoms with Crippen molar-refractivity contribution < 1.29 is 17.9 Å². The molecule has 0 fully saturated rings. The zero-order valence-electron chi connectivity index (χ0n) is 12.2. The Morgan fingerprint density at radius 3 is 2.52 bits per heavy atom. The van der Waals surface area contributed by atoms with Crippen molar-refractivity contribution in [3.8, 4) is 17.2 Å². The fourth-order valence-electron chi connectivity index (χ4n) is 2.09. The Hall–Kier alpha value is -2.96. The Balaban J connectivity index is 1.78. The van der Waals surface area contributed by atoms with Gasteiger partial charge in [0.1, 0.15) is 23.1 Å². The lowest BCUT2D eigenvalue weighted by Gasteiger charge is -2.06. The van der Waals surface area contributed by atoms with Crippen molar-refractivity contribution >= 4 is 5.69 Å². The highest BCUT2D eigenvalue weighted by Gasteiger charge is 2.14. The maximum absolute atomic E-state index is 13.5. The normalized spacial score (nSPS) is 10.6. The van der Waals surface area contributed by atoms with E-state index < -0.39 is 11.6 Å². The average Bonchev–Trinajstić information content (AvgIpc) is 3.03. The van der Waals surface area contributed by atoms with Gasteiger partial charge in [0.2, 0.25) is 5.89 Å². The lowest BCUT2D eigenvalue weighted by Crippen LogP contribution is -2.04. The van der Waals surface area contributed by atoms with Crippen molar-refractivity contribution in [2.24, 2.45) is 0 Å². The summed E-state index contributed by atoms with van der Waals surface area (Å²) in [7, 11) is 1.54. The summed E-state index contributed by atoms with van der Waals surface area (Å²) in [4.78, 5) is 0. The molecule has 1 heterocycles. The average molecular weight is 317 g/mol. The Bertz CT molecular complexity index is 800. The number of rotatable bonds is 5. The quantitative estimate of drug-likeness (QED) is 0.778. The van der Waals surface area contributed by atoms with E-state index in [2.05, 4.69) is 15.5 Å². The minimum Gasteiger partial charge on any atom is -0.496 e. The van der Waals surface area contributed by atoms with Gasteiger partial charge in [-0.05, 0) is 24.3 Å². The molecular formula is C16H13F2N3O2. The van der Waals surface area contributed by atoms with Crippen LogP contribution < -0.4 is 10.1 Å². The van der Waals surface area contributed by atoms with Crippen molar-refractivity contribution in [1.29, 1.82) is 0 Å². The second-order valence-corrected chi connectivity index (χ2v) is 4.65. The lowest BCUT2D eigenvalue weighted by atomic mass is 10.2. The maximum atomic E-state index is 13.5. The number of hydrogen-bond donors (Lipinski definition) is 1. The first-order valence-corrected chi connectivity index (χ1v) is 6.82. The summed E-state index contributed by atoms with van der Waals surface area (Å²) < 4.78 is 37.8. The molecule has 2 aromatic carbocycles. The first-order valence-electron chi connectivity index (χ1n) is 6.82. The van der Waals surface area contributed by atoms with E-state index in [4.69, 9.17) is 9.15 Å². The number of aromatic nitrogens is 2. The summed E-state index contributed by atoms with van der Waals surface area (Å²) in [6.07, 6.45) is 0. The van der Waals surface area contributed by atoms with Crippen LogP contribution in [0, 0.1) is 11.6 Å². The fraction of sp³-hybridized carbons (Fsp3) is 0.125. The summed E-state index contributed by atoms with van der Waals surface area (Å²) in [5, 5.41) is 10.4. The predicted molar refractivity (Wildman–Crippen MR) is 80.0 cm³/mol. The van der Waals surface area contributed by atoms with Crippen LogP contribution in [0.4, 0.5) is 14.5 Å². The monoisotopic (exact) mass is 317 g/mol. The van der Waals surface area contributed by atoms with Crippen LogP contribution in [0.2, 0.25) is 0 Å². The van der Waals surface area contributed by atoms with E-state index in [1.54, 1.807) is 19.2 Å². The van der Waals surface area contributed by atoms with E-state index in [0.29, 0.717) is 11.3 Å². The van der Waals surface area contributed by atoms with Crippen LogP contribution >= 0.6 is 0 Å². The zero-order valence-corrected chi connectivity index (χ0v) is 12.2. The minimum absolute atomic E-state index is 0.00000236. The van der Waals surface area contributed by atoms with Crippen LogP contribution in [0.1, 0.15) is 5.89 Å². The number of para-hydroxylation sites is 2. The molecule has 0 amide bonds. The lowest BCUT2D eigenvalue weighted by molar-refractivity contribution is 0.413. The Morgan fingerprint density at radius 2 is 1.78 bits per heavy atom. The van der Waals surface area contributed by atoms with Gasteiger partial charge in [-0.1, -0.05) is 18.2 Å². The third kappa shape index (κ3) is 3.13. The summed E-state index contributed by atoms with van der Waals surface area (Å²) in [6.45, 7) is 0.00000236. The number of halogens is 2. The van der Waals surface area contributed by atoms with E-state index in [-0.39, 0.29) is 24.0 Å². The van der Waals surface area contributed by atoms with Crippen LogP contribution in [0.25, 0.3) is 11.5 Å². The summed E-state index contributed by atoms with van der Waals surface area (Å²) in [6, 6.07) is 10.8. The molecule has 1 aromatic heterocycles. The van der Waals surface area contributed by atoms with E-state index in [1.807, 2.05) is 12.1 Å². The van der Waals surface area contributed by atoms with Crippen molar-refractivity contribution in [2.75, 3.05) is 12.4 Å². The first-order chi connectivity index (χ1) is 11.2. The first kappa shape index (κ1) is 15.0.